The lowest BCUT2D eigenvalue weighted by atomic mass is 10.0. The lowest BCUT2D eigenvalue weighted by molar-refractivity contribution is -0.111. The third kappa shape index (κ3) is 3.89. The molecular weight excluding hydrogens is 284 g/mol. The highest BCUT2D eigenvalue weighted by molar-refractivity contribution is 7.80. The minimum absolute atomic E-state index is 0.0494. The van der Waals surface area contributed by atoms with Crippen molar-refractivity contribution in [3.8, 4) is 11.5 Å². The maximum Gasteiger partial charge on any atom is 0.185 e. The van der Waals surface area contributed by atoms with E-state index in [-0.39, 0.29) is 5.78 Å². The summed E-state index contributed by atoms with van der Waals surface area (Å²) >= 11 is 5.05. The second-order valence-electron chi connectivity index (χ2n) is 4.47. The lowest BCUT2D eigenvalue weighted by Gasteiger charge is -2.07. The van der Waals surface area contributed by atoms with E-state index in [0.29, 0.717) is 23.5 Å². The second-order valence-corrected chi connectivity index (χ2v) is 4.99. The largest absolute Gasteiger partial charge is 0.497 e. The Morgan fingerprint density at radius 1 is 1.24 bits per heavy atom. The van der Waals surface area contributed by atoms with Crippen LogP contribution in [0.4, 0.5) is 0 Å². The number of allylic oxidation sites excluding steroid dienone is 5. The van der Waals surface area contributed by atoms with E-state index in [0.717, 1.165) is 10.4 Å². The SMILES string of the molecule is COc1ccc(C=CC(=O)C2=CCC(=S)C=C2)c(OC)c1. The molecule has 0 amide bonds. The van der Waals surface area contributed by atoms with Crippen LogP contribution in [0.25, 0.3) is 6.08 Å². The fraction of sp³-hybridized carbons (Fsp3) is 0.176. The van der Waals surface area contributed by atoms with E-state index in [4.69, 9.17) is 21.7 Å². The molecule has 1 aromatic rings. The third-order valence-electron chi connectivity index (χ3n) is 3.11. The first-order valence-corrected chi connectivity index (χ1v) is 6.90. The van der Waals surface area contributed by atoms with Gasteiger partial charge in [0.25, 0.3) is 0 Å². The molecule has 0 aromatic heterocycles. The summed E-state index contributed by atoms with van der Waals surface area (Å²) in [5, 5.41) is 0. The summed E-state index contributed by atoms with van der Waals surface area (Å²) in [5.74, 6) is 1.32. The number of ketones is 1. The van der Waals surface area contributed by atoms with E-state index >= 15 is 0 Å². The van der Waals surface area contributed by atoms with Crippen molar-refractivity contribution in [1.82, 2.24) is 0 Å². The van der Waals surface area contributed by atoms with E-state index in [1.807, 2.05) is 18.2 Å². The van der Waals surface area contributed by atoms with Crippen LogP contribution in [0.15, 0.2) is 48.1 Å². The van der Waals surface area contributed by atoms with Crippen LogP contribution in [0, 0.1) is 0 Å². The van der Waals surface area contributed by atoms with Crippen LogP contribution in [0.5, 0.6) is 11.5 Å². The van der Waals surface area contributed by atoms with Gasteiger partial charge in [-0.05, 0) is 30.4 Å². The first-order chi connectivity index (χ1) is 10.1. The monoisotopic (exact) mass is 300 g/mol. The molecule has 1 aliphatic rings. The highest BCUT2D eigenvalue weighted by Crippen LogP contribution is 2.25. The predicted molar refractivity (Wildman–Crippen MR) is 88.0 cm³/mol. The van der Waals surface area contributed by atoms with Crippen LogP contribution in [-0.4, -0.2) is 24.9 Å². The van der Waals surface area contributed by atoms with Crippen molar-refractivity contribution in [3.05, 3.63) is 53.6 Å². The minimum atomic E-state index is -0.0494. The van der Waals surface area contributed by atoms with Gasteiger partial charge in [0.15, 0.2) is 5.78 Å². The van der Waals surface area contributed by atoms with E-state index in [9.17, 15) is 4.79 Å². The molecule has 0 heterocycles. The first-order valence-electron chi connectivity index (χ1n) is 6.49. The molecule has 4 heteroatoms. The van der Waals surface area contributed by atoms with Gasteiger partial charge >= 0.3 is 0 Å². The fourth-order valence-electron chi connectivity index (χ4n) is 1.93. The first kappa shape index (κ1) is 15.2. The number of hydrogen-bond acceptors (Lipinski definition) is 4. The molecule has 0 unspecified atom stereocenters. The molecule has 0 N–H and O–H groups in total. The summed E-state index contributed by atoms with van der Waals surface area (Å²) in [5.41, 5.74) is 1.48. The molecule has 0 radical (unpaired) electrons. The molecule has 3 nitrogen and oxygen atoms in total. The van der Waals surface area contributed by atoms with Crippen LogP contribution in [0.3, 0.4) is 0 Å². The van der Waals surface area contributed by atoms with Crippen molar-refractivity contribution in [3.63, 3.8) is 0 Å². The van der Waals surface area contributed by atoms with Gasteiger partial charge in [0, 0.05) is 28.5 Å². The van der Waals surface area contributed by atoms with Gasteiger partial charge in [0.1, 0.15) is 11.5 Å². The van der Waals surface area contributed by atoms with Gasteiger partial charge in [-0.2, -0.15) is 0 Å². The van der Waals surface area contributed by atoms with E-state index in [1.54, 1.807) is 38.5 Å². The van der Waals surface area contributed by atoms with Gasteiger partial charge in [-0.3, -0.25) is 4.79 Å². The molecule has 0 spiro atoms. The molecular formula is C17H16O3S. The number of hydrogen-bond donors (Lipinski definition) is 0. The molecule has 0 saturated carbocycles. The van der Waals surface area contributed by atoms with Crippen LogP contribution in [0.1, 0.15) is 12.0 Å². The third-order valence-corrected chi connectivity index (χ3v) is 3.41. The van der Waals surface area contributed by atoms with Crippen molar-refractivity contribution in [2.24, 2.45) is 0 Å². The van der Waals surface area contributed by atoms with Crippen molar-refractivity contribution in [2.45, 2.75) is 6.42 Å². The van der Waals surface area contributed by atoms with E-state index in [1.165, 1.54) is 6.08 Å². The van der Waals surface area contributed by atoms with Gasteiger partial charge in [0.05, 0.1) is 14.2 Å². The van der Waals surface area contributed by atoms with Gasteiger partial charge in [0.2, 0.25) is 0 Å². The van der Waals surface area contributed by atoms with Crippen LogP contribution in [0.2, 0.25) is 0 Å². The summed E-state index contributed by atoms with van der Waals surface area (Å²) < 4.78 is 10.4. The maximum absolute atomic E-state index is 12.1. The van der Waals surface area contributed by atoms with Crippen LogP contribution in [-0.2, 0) is 4.79 Å². The van der Waals surface area contributed by atoms with Gasteiger partial charge in [-0.15, -0.1) is 0 Å². The zero-order valence-electron chi connectivity index (χ0n) is 12.0. The average Bonchev–Trinajstić information content (AvgIpc) is 2.53. The number of thiocarbonyl (C=S) groups is 1. The number of carbonyl (C=O) groups is 1. The molecule has 0 bridgehead atoms. The molecule has 2 rings (SSSR count). The molecule has 0 atom stereocenters. The molecule has 1 aliphatic carbocycles. The zero-order valence-corrected chi connectivity index (χ0v) is 12.8. The molecule has 1 aromatic carbocycles. The standard InChI is InChI=1S/C17H16O3S/c1-19-14-7-3-13(17(11-14)20-2)6-10-16(18)12-4-8-15(21)9-5-12/h3-8,10-11H,9H2,1-2H3. The van der Waals surface area contributed by atoms with Gasteiger partial charge in [-0.25, -0.2) is 0 Å². The number of methoxy groups -OCH3 is 2. The van der Waals surface area contributed by atoms with Crippen LogP contribution < -0.4 is 9.47 Å². The summed E-state index contributed by atoms with van der Waals surface area (Å²) in [6, 6.07) is 5.45. The smallest absolute Gasteiger partial charge is 0.185 e. The quantitative estimate of drug-likeness (QED) is 0.615. The topological polar surface area (TPSA) is 35.5 Å². The van der Waals surface area contributed by atoms with Crippen molar-refractivity contribution >= 4 is 28.9 Å². The minimum Gasteiger partial charge on any atom is -0.497 e. The fourth-order valence-corrected chi connectivity index (χ4v) is 2.08. The highest BCUT2D eigenvalue weighted by Gasteiger charge is 2.08. The maximum atomic E-state index is 12.1. The Morgan fingerprint density at radius 2 is 2.05 bits per heavy atom. The molecule has 0 saturated heterocycles. The lowest BCUT2D eigenvalue weighted by Crippen LogP contribution is -2.02. The van der Waals surface area contributed by atoms with Crippen molar-refractivity contribution in [2.75, 3.05) is 14.2 Å². The normalized spacial score (nSPS) is 14.2. The number of benzene rings is 1. The molecule has 108 valence electrons. The second kappa shape index (κ2) is 6.99. The summed E-state index contributed by atoms with van der Waals surface area (Å²) in [6.45, 7) is 0. The number of rotatable bonds is 5. The van der Waals surface area contributed by atoms with Gasteiger partial charge in [-0.1, -0.05) is 24.4 Å². The summed E-state index contributed by atoms with van der Waals surface area (Å²) in [7, 11) is 3.18. The number of ether oxygens (including phenoxy) is 2. The summed E-state index contributed by atoms with van der Waals surface area (Å²) in [4.78, 5) is 12.9. The van der Waals surface area contributed by atoms with Crippen LogP contribution >= 0.6 is 12.2 Å². The Labute approximate surface area is 129 Å². The zero-order chi connectivity index (χ0) is 15.2. The Bertz CT molecular complexity index is 654. The average molecular weight is 300 g/mol. The number of carbonyl (C=O) groups excluding carboxylic acids is 1. The summed E-state index contributed by atoms with van der Waals surface area (Å²) in [6.07, 6.45) is 9.32. The van der Waals surface area contributed by atoms with E-state index < -0.39 is 0 Å². The Hall–Kier alpha value is -2.20. The molecule has 0 aliphatic heterocycles. The van der Waals surface area contributed by atoms with Crippen molar-refractivity contribution < 1.29 is 14.3 Å². The van der Waals surface area contributed by atoms with Crippen molar-refractivity contribution in [1.29, 1.82) is 0 Å². The highest BCUT2D eigenvalue weighted by atomic mass is 32.1. The van der Waals surface area contributed by atoms with E-state index in [2.05, 4.69) is 0 Å². The molecule has 21 heavy (non-hydrogen) atoms. The van der Waals surface area contributed by atoms with Gasteiger partial charge < -0.3 is 9.47 Å². The Balaban J connectivity index is 2.16. The Morgan fingerprint density at radius 3 is 2.67 bits per heavy atom. The Kier molecular flexibility index (Phi) is 5.06. The predicted octanol–water partition coefficient (Wildman–Crippen LogP) is 3.54. The molecule has 0 fully saturated rings.